The number of hydrogen-bond donors (Lipinski definition) is 3. The third-order valence-electron chi connectivity index (χ3n) is 3.91. The van der Waals surface area contributed by atoms with E-state index >= 15 is 0 Å². The Morgan fingerprint density at radius 1 is 1.14 bits per heavy atom. The zero-order valence-corrected chi connectivity index (χ0v) is 16.4. The molecule has 0 fully saturated rings. The highest BCUT2D eigenvalue weighted by molar-refractivity contribution is 7.98. The van der Waals surface area contributed by atoms with Crippen molar-refractivity contribution in [1.82, 2.24) is 10.8 Å². The minimum absolute atomic E-state index is 0.138. The molecule has 0 radical (unpaired) electrons. The summed E-state index contributed by atoms with van der Waals surface area (Å²) >= 11 is 1.70. The molecule has 2 rings (SSSR count). The van der Waals surface area contributed by atoms with Gasteiger partial charge in [-0.05, 0) is 54.3 Å². The number of thioether (sulfide) groups is 1. The molecule has 0 saturated carbocycles. The SMILES string of the molecule is CSCC[C@H](COc1ccc(C(=O)NO)cc1)NC(=O)C=Cc1ccccc1. The molecule has 0 heterocycles. The molecule has 2 amide bonds. The third-order valence-corrected chi connectivity index (χ3v) is 4.56. The predicted molar refractivity (Wildman–Crippen MR) is 112 cm³/mol. The smallest absolute Gasteiger partial charge is 0.274 e. The zero-order valence-electron chi connectivity index (χ0n) is 15.6. The highest BCUT2D eigenvalue weighted by atomic mass is 32.2. The van der Waals surface area contributed by atoms with Crippen LogP contribution in [0, 0.1) is 0 Å². The van der Waals surface area contributed by atoms with Crippen LogP contribution in [0.2, 0.25) is 0 Å². The van der Waals surface area contributed by atoms with Crippen LogP contribution in [0.15, 0.2) is 60.7 Å². The number of amides is 2. The molecule has 0 bridgehead atoms. The summed E-state index contributed by atoms with van der Waals surface area (Å²) < 4.78 is 5.75. The Hall–Kier alpha value is -2.77. The molecule has 148 valence electrons. The van der Waals surface area contributed by atoms with Gasteiger partial charge in [-0.2, -0.15) is 11.8 Å². The first-order valence-electron chi connectivity index (χ1n) is 8.82. The van der Waals surface area contributed by atoms with Gasteiger partial charge in [-0.1, -0.05) is 30.3 Å². The molecule has 28 heavy (non-hydrogen) atoms. The van der Waals surface area contributed by atoms with Crippen molar-refractivity contribution in [3.8, 4) is 5.75 Å². The summed E-state index contributed by atoms with van der Waals surface area (Å²) in [6, 6.07) is 15.9. The van der Waals surface area contributed by atoms with E-state index in [4.69, 9.17) is 9.94 Å². The van der Waals surface area contributed by atoms with Gasteiger partial charge in [0.25, 0.3) is 5.91 Å². The Kier molecular flexibility index (Phi) is 9.10. The van der Waals surface area contributed by atoms with Crippen LogP contribution in [-0.2, 0) is 4.79 Å². The number of rotatable bonds is 10. The molecule has 0 unspecified atom stereocenters. The van der Waals surface area contributed by atoms with E-state index in [9.17, 15) is 9.59 Å². The van der Waals surface area contributed by atoms with Gasteiger partial charge < -0.3 is 10.1 Å². The highest BCUT2D eigenvalue weighted by Gasteiger charge is 2.12. The minimum Gasteiger partial charge on any atom is -0.491 e. The van der Waals surface area contributed by atoms with E-state index in [-0.39, 0.29) is 11.9 Å². The molecular formula is C21H24N2O4S. The summed E-state index contributed by atoms with van der Waals surface area (Å²) in [4.78, 5) is 23.6. The molecule has 2 aromatic rings. The first-order chi connectivity index (χ1) is 13.6. The van der Waals surface area contributed by atoms with Gasteiger partial charge in [0.15, 0.2) is 0 Å². The van der Waals surface area contributed by atoms with Crippen molar-refractivity contribution in [3.05, 3.63) is 71.8 Å². The predicted octanol–water partition coefficient (Wildman–Crippen LogP) is 3.14. The van der Waals surface area contributed by atoms with Crippen LogP contribution in [0.3, 0.4) is 0 Å². The number of ether oxygens (including phenoxy) is 1. The van der Waals surface area contributed by atoms with Crippen molar-refractivity contribution in [2.75, 3.05) is 18.6 Å². The molecule has 1 atom stereocenters. The van der Waals surface area contributed by atoms with E-state index in [0.29, 0.717) is 17.9 Å². The molecule has 2 aromatic carbocycles. The van der Waals surface area contributed by atoms with Crippen LogP contribution in [0.4, 0.5) is 0 Å². The van der Waals surface area contributed by atoms with Crippen LogP contribution in [0.25, 0.3) is 6.08 Å². The number of hydrogen-bond acceptors (Lipinski definition) is 5. The fourth-order valence-corrected chi connectivity index (χ4v) is 2.93. The Morgan fingerprint density at radius 2 is 1.86 bits per heavy atom. The second-order valence-electron chi connectivity index (χ2n) is 6.01. The topological polar surface area (TPSA) is 87.7 Å². The van der Waals surface area contributed by atoms with Crippen molar-refractivity contribution in [2.45, 2.75) is 12.5 Å². The lowest BCUT2D eigenvalue weighted by Crippen LogP contribution is -2.38. The van der Waals surface area contributed by atoms with Crippen molar-refractivity contribution in [3.63, 3.8) is 0 Å². The maximum absolute atomic E-state index is 12.2. The van der Waals surface area contributed by atoms with Crippen molar-refractivity contribution >= 4 is 29.7 Å². The average molecular weight is 401 g/mol. The van der Waals surface area contributed by atoms with E-state index in [2.05, 4.69) is 5.32 Å². The summed E-state index contributed by atoms with van der Waals surface area (Å²) in [5.74, 6) is 0.722. The molecule has 0 saturated heterocycles. The number of carbonyl (C=O) groups excluding carboxylic acids is 2. The van der Waals surface area contributed by atoms with Crippen LogP contribution < -0.4 is 15.5 Å². The van der Waals surface area contributed by atoms with Gasteiger partial charge in [0.1, 0.15) is 12.4 Å². The van der Waals surface area contributed by atoms with Gasteiger partial charge in [-0.25, -0.2) is 5.48 Å². The van der Waals surface area contributed by atoms with Crippen molar-refractivity contribution < 1.29 is 19.5 Å². The zero-order chi connectivity index (χ0) is 20.2. The lowest BCUT2D eigenvalue weighted by molar-refractivity contribution is -0.117. The number of hydroxylamine groups is 1. The lowest BCUT2D eigenvalue weighted by atomic mass is 10.2. The summed E-state index contributed by atoms with van der Waals surface area (Å²) in [6.45, 7) is 0.316. The average Bonchev–Trinajstić information content (AvgIpc) is 2.74. The molecule has 3 N–H and O–H groups in total. The standard InChI is InChI=1S/C21H24N2O4S/c1-28-14-13-18(22-20(24)12-7-16-5-3-2-4-6-16)15-27-19-10-8-17(9-11-19)21(25)23-26/h2-12,18,26H,13-15H2,1H3,(H,22,24)(H,23,25)/t18-/m1/s1. The number of nitrogens with one attached hydrogen (secondary N) is 2. The molecule has 0 aliphatic rings. The molecule has 0 aliphatic heterocycles. The van der Waals surface area contributed by atoms with Gasteiger partial charge in [0, 0.05) is 11.6 Å². The van der Waals surface area contributed by atoms with Crippen molar-refractivity contribution in [1.29, 1.82) is 0 Å². The van der Waals surface area contributed by atoms with E-state index in [1.54, 1.807) is 47.6 Å². The second kappa shape index (κ2) is 11.8. The lowest BCUT2D eigenvalue weighted by Gasteiger charge is -2.18. The summed E-state index contributed by atoms with van der Waals surface area (Å²) in [5, 5.41) is 11.6. The van der Waals surface area contributed by atoms with Crippen LogP contribution >= 0.6 is 11.8 Å². The quantitative estimate of drug-likeness (QED) is 0.324. The fraction of sp³-hybridized carbons (Fsp3) is 0.238. The fourth-order valence-electron chi connectivity index (χ4n) is 2.41. The Labute approximate surface area is 168 Å². The number of benzene rings is 2. The first-order valence-corrected chi connectivity index (χ1v) is 10.2. The van der Waals surface area contributed by atoms with Crippen molar-refractivity contribution in [2.24, 2.45) is 0 Å². The van der Waals surface area contributed by atoms with E-state index in [1.165, 1.54) is 6.08 Å². The maximum Gasteiger partial charge on any atom is 0.274 e. The Bertz CT molecular complexity index is 779. The molecule has 6 nitrogen and oxygen atoms in total. The highest BCUT2D eigenvalue weighted by Crippen LogP contribution is 2.13. The molecule has 0 aromatic heterocycles. The summed E-state index contributed by atoms with van der Waals surface area (Å²) in [5.41, 5.74) is 2.87. The van der Waals surface area contributed by atoms with E-state index < -0.39 is 5.91 Å². The van der Waals surface area contributed by atoms with Crippen LogP contribution in [0.1, 0.15) is 22.3 Å². The van der Waals surface area contributed by atoms with E-state index in [0.717, 1.165) is 17.7 Å². The first kappa shape index (κ1) is 21.5. The maximum atomic E-state index is 12.2. The van der Waals surface area contributed by atoms with Gasteiger partial charge >= 0.3 is 0 Å². The summed E-state index contributed by atoms with van der Waals surface area (Å²) in [7, 11) is 0. The van der Waals surface area contributed by atoms with Gasteiger partial charge in [-0.3, -0.25) is 14.8 Å². The Balaban J connectivity index is 1.90. The van der Waals surface area contributed by atoms with E-state index in [1.807, 2.05) is 36.6 Å². The molecule has 0 aliphatic carbocycles. The minimum atomic E-state index is -0.582. The van der Waals surface area contributed by atoms with Crippen LogP contribution in [0.5, 0.6) is 5.75 Å². The monoisotopic (exact) mass is 400 g/mol. The van der Waals surface area contributed by atoms with Crippen LogP contribution in [-0.4, -0.2) is 41.7 Å². The van der Waals surface area contributed by atoms with Gasteiger partial charge in [-0.15, -0.1) is 0 Å². The molecular weight excluding hydrogens is 376 g/mol. The Morgan fingerprint density at radius 3 is 2.50 bits per heavy atom. The summed E-state index contributed by atoms with van der Waals surface area (Å²) in [6.07, 6.45) is 6.08. The third kappa shape index (κ3) is 7.46. The second-order valence-corrected chi connectivity index (χ2v) is 6.99. The van der Waals surface area contributed by atoms with Gasteiger partial charge in [0.05, 0.1) is 6.04 Å². The normalized spacial score (nSPS) is 11.8. The molecule has 7 heteroatoms. The molecule has 0 spiro atoms. The number of carbonyl (C=O) groups is 2. The largest absolute Gasteiger partial charge is 0.491 e. The van der Waals surface area contributed by atoms with Gasteiger partial charge in [0.2, 0.25) is 5.91 Å².